The van der Waals surface area contributed by atoms with Crippen molar-refractivity contribution in [3.05, 3.63) is 65.5 Å². The summed E-state index contributed by atoms with van der Waals surface area (Å²) in [6.07, 6.45) is 9.47. The highest BCUT2D eigenvalue weighted by atomic mass is 14.7. The van der Waals surface area contributed by atoms with Crippen molar-refractivity contribution >= 4 is 33.6 Å². The number of aryl methyl sites for hydroxylation is 1. The molecule has 0 atom stereocenters. The fraction of sp³-hybridized carbons (Fsp3) is 0.174. The quantitative estimate of drug-likeness (QED) is 0.397. The van der Waals surface area contributed by atoms with Gasteiger partial charge in [-0.15, -0.1) is 0 Å². The zero-order valence-corrected chi connectivity index (χ0v) is 15.0. The number of nitrogen functional groups attached to an aromatic ring is 1. The van der Waals surface area contributed by atoms with E-state index in [2.05, 4.69) is 23.2 Å². The molecule has 1 aliphatic carbocycles. The largest absolute Gasteiger partial charge is 0.398 e. The van der Waals surface area contributed by atoms with Crippen LogP contribution < -0.4 is 5.73 Å². The van der Waals surface area contributed by atoms with Crippen molar-refractivity contribution in [3.63, 3.8) is 0 Å². The fourth-order valence-corrected chi connectivity index (χ4v) is 4.29. The maximum absolute atomic E-state index is 7.85. The monoisotopic (exact) mass is 352 g/mol. The summed E-state index contributed by atoms with van der Waals surface area (Å²) in [5, 5.41) is 11.2. The van der Waals surface area contributed by atoms with Gasteiger partial charge in [-0.2, -0.15) is 0 Å². The van der Waals surface area contributed by atoms with E-state index in [1.165, 1.54) is 35.6 Å². The minimum absolute atomic E-state index is 0.651. The van der Waals surface area contributed by atoms with E-state index in [9.17, 15) is 0 Å². The number of fused-ring (bicyclic) bond motifs is 4. The molecule has 2 heterocycles. The first-order valence-electron chi connectivity index (χ1n) is 9.35. The summed E-state index contributed by atoms with van der Waals surface area (Å²) in [6, 6.07) is 12.4. The molecule has 0 unspecified atom stereocenters. The molecule has 1 aliphatic rings. The van der Waals surface area contributed by atoms with Gasteiger partial charge in [-0.3, -0.25) is 4.98 Å². The van der Waals surface area contributed by atoms with Gasteiger partial charge < -0.3 is 11.1 Å². The van der Waals surface area contributed by atoms with Gasteiger partial charge in [-0.1, -0.05) is 12.1 Å². The molecule has 0 spiro atoms. The first-order chi connectivity index (χ1) is 13.3. The Morgan fingerprint density at radius 2 is 1.81 bits per heavy atom. The SMILES string of the molecule is N=Cc1c(N)ccc2nc(-c3ccc4cnccc4c3)c3c(c12)CCCC3. The Hall–Kier alpha value is -3.27. The summed E-state index contributed by atoms with van der Waals surface area (Å²) >= 11 is 0. The van der Waals surface area contributed by atoms with Crippen LogP contribution in [0.4, 0.5) is 5.69 Å². The molecule has 0 saturated carbocycles. The predicted molar refractivity (Wildman–Crippen MR) is 111 cm³/mol. The molecule has 0 amide bonds. The first-order valence-corrected chi connectivity index (χ1v) is 9.35. The van der Waals surface area contributed by atoms with Crippen molar-refractivity contribution in [2.45, 2.75) is 25.7 Å². The van der Waals surface area contributed by atoms with Crippen LogP contribution >= 0.6 is 0 Å². The Labute approximate surface area is 157 Å². The summed E-state index contributed by atoms with van der Waals surface area (Å²) in [7, 11) is 0. The van der Waals surface area contributed by atoms with Gasteiger partial charge in [0, 0.05) is 46.2 Å². The maximum atomic E-state index is 7.85. The van der Waals surface area contributed by atoms with Crippen LogP contribution in [0.2, 0.25) is 0 Å². The number of hydrogen-bond acceptors (Lipinski definition) is 4. The molecular weight excluding hydrogens is 332 g/mol. The van der Waals surface area contributed by atoms with Crippen LogP contribution in [0, 0.1) is 5.41 Å². The number of benzene rings is 2. The van der Waals surface area contributed by atoms with Crippen molar-refractivity contribution in [2.75, 3.05) is 5.73 Å². The van der Waals surface area contributed by atoms with Crippen LogP contribution in [-0.4, -0.2) is 16.2 Å². The normalized spacial score (nSPS) is 13.6. The van der Waals surface area contributed by atoms with Crippen LogP contribution in [0.25, 0.3) is 32.9 Å². The molecule has 0 saturated heterocycles. The Balaban J connectivity index is 1.84. The molecule has 4 aromatic rings. The molecular formula is C23H20N4. The number of anilines is 1. The number of nitrogens with zero attached hydrogens (tertiary/aromatic N) is 2. The number of nitrogens with one attached hydrogen (secondary N) is 1. The van der Waals surface area contributed by atoms with Crippen molar-refractivity contribution in [1.29, 1.82) is 5.41 Å². The zero-order valence-electron chi connectivity index (χ0n) is 15.0. The van der Waals surface area contributed by atoms with E-state index >= 15 is 0 Å². The van der Waals surface area contributed by atoms with E-state index in [0.717, 1.165) is 46.0 Å². The molecule has 0 radical (unpaired) electrons. The fourth-order valence-electron chi connectivity index (χ4n) is 4.29. The smallest absolute Gasteiger partial charge is 0.0744 e. The van der Waals surface area contributed by atoms with Gasteiger partial charge >= 0.3 is 0 Å². The highest BCUT2D eigenvalue weighted by Gasteiger charge is 2.21. The highest BCUT2D eigenvalue weighted by Crippen LogP contribution is 2.38. The van der Waals surface area contributed by atoms with Gasteiger partial charge in [0.1, 0.15) is 0 Å². The molecule has 2 aromatic heterocycles. The van der Waals surface area contributed by atoms with E-state index in [1.807, 2.05) is 30.6 Å². The molecule has 2 aromatic carbocycles. The molecule has 0 aliphatic heterocycles. The Bertz CT molecular complexity index is 1210. The van der Waals surface area contributed by atoms with E-state index in [1.54, 1.807) is 0 Å². The second-order valence-electron chi connectivity index (χ2n) is 7.17. The number of pyridine rings is 2. The van der Waals surface area contributed by atoms with Gasteiger partial charge in [0.25, 0.3) is 0 Å². The molecule has 132 valence electrons. The number of rotatable bonds is 2. The topological polar surface area (TPSA) is 75.7 Å². The van der Waals surface area contributed by atoms with Gasteiger partial charge in [0.15, 0.2) is 0 Å². The first kappa shape index (κ1) is 15.9. The van der Waals surface area contributed by atoms with E-state index in [-0.39, 0.29) is 0 Å². The van der Waals surface area contributed by atoms with E-state index in [4.69, 9.17) is 16.1 Å². The summed E-state index contributed by atoms with van der Waals surface area (Å²) in [4.78, 5) is 9.25. The molecule has 5 rings (SSSR count). The lowest BCUT2D eigenvalue weighted by molar-refractivity contribution is 0.689. The minimum Gasteiger partial charge on any atom is -0.398 e. The molecule has 0 bridgehead atoms. The molecule has 4 heteroatoms. The summed E-state index contributed by atoms with van der Waals surface area (Å²) < 4.78 is 0. The molecule has 27 heavy (non-hydrogen) atoms. The van der Waals surface area contributed by atoms with Crippen LogP contribution in [0.1, 0.15) is 29.5 Å². The second kappa shape index (κ2) is 6.16. The third-order valence-electron chi connectivity index (χ3n) is 5.60. The third kappa shape index (κ3) is 2.48. The van der Waals surface area contributed by atoms with Gasteiger partial charge in [-0.05, 0) is 66.5 Å². The van der Waals surface area contributed by atoms with Crippen molar-refractivity contribution in [1.82, 2.24) is 9.97 Å². The number of hydrogen-bond donors (Lipinski definition) is 2. The zero-order chi connectivity index (χ0) is 18.4. The summed E-state index contributed by atoms with van der Waals surface area (Å²) in [5.41, 5.74) is 13.4. The Morgan fingerprint density at radius 3 is 2.67 bits per heavy atom. The van der Waals surface area contributed by atoms with Crippen molar-refractivity contribution < 1.29 is 0 Å². The van der Waals surface area contributed by atoms with Gasteiger partial charge in [0.2, 0.25) is 0 Å². The average Bonchev–Trinajstić information content (AvgIpc) is 2.73. The minimum atomic E-state index is 0.651. The third-order valence-corrected chi connectivity index (χ3v) is 5.60. The molecule has 0 fully saturated rings. The molecule has 4 nitrogen and oxygen atoms in total. The lowest BCUT2D eigenvalue weighted by atomic mass is 9.84. The van der Waals surface area contributed by atoms with Crippen LogP contribution in [0.15, 0.2) is 48.8 Å². The maximum Gasteiger partial charge on any atom is 0.0744 e. The Kier molecular flexibility index (Phi) is 3.64. The van der Waals surface area contributed by atoms with Crippen LogP contribution in [0.5, 0.6) is 0 Å². The Morgan fingerprint density at radius 1 is 0.963 bits per heavy atom. The lowest BCUT2D eigenvalue weighted by Crippen LogP contribution is -2.09. The van der Waals surface area contributed by atoms with Crippen LogP contribution in [0.3, 0.4) is 0 Å². The van der Waals surface area contributed by atoms with Crippen LogP contribution in [-0.2, 0) is 12.8 Å². The average molecular weight is 352 g/mol. The molecule has 3 N–H and O–H groups in total. The number of aromatic nitrogens is 2. The summed E-state index contributed by atoms with van der Waals surface area (Å²) in [5.74, 6) is 0. The lowest BCUT2D eigenvalue weighted by Gasteiger charge is -2.23. The standard InChI is InChI=1S/C23H20N4/c24-12-19-20(25)7-8-21-22(19)17-3-1-2-4-18(17)23(27-21)15-5-6-16-13-26-10-9-14(16)11-15/h5-13,24H,1-4,25H2. The van der Waals surface area contributed by atoms with Gasteiger partial charge in [-0.25, -0.2) is 4.98 Å². The number of nitrogens with two attached hydrogens (primary N) is 1. The van der Waals surface area contributed by atoms with Crippen molar-refractivity contribution in [2.24, 2.45) is 0 Å². The van der Waals surface area contributed by atoms with E-state index in [0.29, 0.717) is 5.69 Å². The van der Waals surface area contributed by atoms with Gasteiger partial charge in [0.05, 0.1) is 11.2 Å². The summed E-state index contributed by atoms with van der Waals surface area (Å²) in [6.45, 7) is 0. The van der Waals surface area contributed by atoms with Crippen molar-refractivity contribution in [3.8, 4) is 11.3 Å². The highest BCUT2D eigenvalue weighted by molar-refractivity contribution is 6.05. The van der Waals surface area contributed by atoms with E-state index < -0.39 is 0 Å². The predicted octanol–water partition coefficient (Wildman–Crippen LogP) is 4.91. The second-order valence-corrected chi connectivity index (χ2v) is 7.17.